The molecule has 116 valence electrons. The number of ether oxygens (including phenoxy) is 1. The molecule has 0 fully saturated rings. The van der Waals surface area contributed by atoms with Gasteiger partial charge >= 0.3 is 12.1 Å². The summed E-state index contributed by atoms with van der Waals surface area (Å²) >= 11 is 0. The molecule has 0 unspecified atom stereocenters. The number of rotatable bonds is 4. The van der Waals surface area contributed by atoms with Gasteiger partial charge in [0.1, 0.15) is 5.82 Å². The van der Waals surface area contributed by atoms with Gasteiger partial charge in [-0.2, -0.15) is 13.2 Å². The lowest BCUT2D eigenvalue weighted by atomic mass is 10.1. The lowest BCUT2D eigenvalue weighted by Gasteiger charge is -2.08. The maximum absolute atomic E-state index is 12.4. The second-order valence-electron chi connectivity index (χ2n) is 4.35. The Labute approximate surface area is 124 Å². The smallest absolute Gasteiger partial charge is 0.435 e. The van der Waals surface area contributed by atoms with Crippen LogP contribution in [0.1, 0.15) is 21.6 Å². The number of anilines is 1. The second kappa shape index (κ2) is 6.42. The number of methoxy groups -OCH3 is 1. The molecule has 0 amide bonds. The molecule has 1 N–H and O–H groups in total. The van der Waals surface area contributed by atoms with Crippen LogP contribution in [-0.2, 0) is 17.5 Å². The Hall–Kier alpha value is -2.64. The topological polar surface area (TPSA) is 64.1 Å². The van der Waals surface area contributed by atoms with Crippen LogP contribution in [0.2, 0.25) is 0 Å². The Kier molecular flexibility index (Phi) is 4.59. The van der Waals surface area contributed by atoms with Gasteiger partial charge in [0.2, 0.25) is 0 Å². The van der Waals surface area contributed by atoms with Crippen LogP contribution < -0.4 is 5.32 Å². The molecule has 0 aliphatic heterocycles. The lowest BCUT2D eigenvalue weighted by Crippen LogP contribution is -2.10. The molecule has 0 aliphatic rings. The highest BCUT2D eigenvalue weighted by Gasteiger charge is 2.32. The highest BCUT2D eigenvalue weighted by molar-refractivity contribution is 5.89. The number of halogens is 3. The van der Waals surface area contributed by atoms with E-state index in [0.29, 0.717) is 5.56 Å². The fraction of sp³-hybridized carbons (Fsp3) is 0.214. The van der Waals surface area contributed by atoms with Crippen molar-refractivity contribution in [1.82, 2.24) is 10.2 Å². The zero-order valence-corrected chi connectivity index (χ0v) is 11.5. The van der Waals surface area contributed by atoms with Crippen molar-refractivity contribution in [1.29, 1.82) is 0 Å². The van der Waals surface area contributed by atoms with E-state index in [1.807, 2.05) is 0 Å². The molecule has 5 nitrogen and oxygen atoms in total. The molecular weight excluding hydrogens is 299 g/mol. The number of hydrogen-bond donors (Lipinski definition) is 1. The molecule has 22 heavy (non-hydrogen) atoms. The maximum Gasteiger partial charge on any atom is 0.435 e. The van der Waals surface area contributed by atoms with Crippen molar-refractivity contribution in [3.05, 3.63) is 53.2 Å². The summed E-state index contributed by atoms with van der Waals surface area (Å²) in [6, 6.07) is 8.71. The van der Waals surface area contributed by atoms with E-state index >= 15 is 0 Å². The monoisotopic (exact) mass is 311 g/mol. The fourth-order valence-corrected chi connectivity index (χ4v) is 1.70. The molecule has 1 heterocycles. The molecule has 0 spiro atoms. The molecular formula is C14H12F3N3O2. The molecule has 1 aromatic carbocycles. The average Bonchev–Trinajstić information content (AvgIpc) is 2.52. The van der Waals surface area contributed by atoms with Crippen molar-refractivity contribution in [2.45, 2.75) is 12.7 Å². The lowest BCUT2D eigenvalue weighted by molar-refractivity contribution is -0.141. The minimum atomic E-state index is -4.51. The van der Waals surface area contributed by atoms with E-state index in [9.17, 15) is 18.0 Å². The zero-order chi connectivity index (χ0) is 16.2. The van der Waals surface area contributed by atoms with Gasteiger partial charge in [-0.3, -0.25) is 0 Å². The summed E-state index contributed by atoms with van der Waals surface area (Å²) in [6.45, 7) is 0.283. The van der Waals surface area contributed by atoms with Crippen molar-refractivity contribution in [2.75, 3.05) is 12.4 Å². The molecule has 0 atom stereocenters. The fourth-order valence-electron chi connectivity index (χ4n) is 1.70. The molecule has 2 rings (SSSR count). The van der Waals surface area contributed by atoms with Crippen LogP contribution >= 0.6 is 0 Å². The van der Waals surface area contributed by atoms with Crippen molar-refractivity contribution in [3.63, 3.8) is 0 Å². The van der Waals surface area contributed by atoms with Gasteiger partial charge in [0.15, 0.2) is 5.69 Å². The van der Waals surface area contributed by atoms with Gasteiger partial charge < -0.3 is 10.1 Å². The second-order valence-corrected chi connectivity index (χ2v) is 4.35. The van der Waals surface area contributed by atoms with Crippen LogP contribution in [0.15, 0.2) is 36.4 Å². The van der Waals surface area contributed by atoms with Crippen molar-refractivity contribution in [2.24, 2.45) is 0 Å². The van der Waals surface area contributed by atoms with Crippen LogP contribution in [-0.4, -0.2) is 23.3 Å². The van der Waals surface area contributed by atoms with E-state index in [1.54, 1.807) is 24.3 Å². The van der Waals surface area contributed by atoms with Crippen molar-refractivity contribution < 1.29 is 22.7 Å². The first kappa shape index (κ1) is 15.7. The zero-order valence-electron chi connectivity index (χ0n) is 11.5. The molecule has 2 aromatic rings. The van der Waals surface area contributed by atoms with Gasteiger partial charge in [0.05, 0.1) is 12.7 Å². The SMILES string of the molecule is COC(=O)c1cccc(CNc2ccc(C(F)(F)F)nn2)c1. The van der Waals surface area contributed by atoms with E-state index in [4.69, 9.17) is 0 Å². The number of carbonyl (C=O) groups excluding carboxylic acids is 1. The highest BCUT2D eigenvalue weighted by Crippen LogP contribution is 2.27. The van der Waals surface area contributed by atoms with E-state index in [1.165, 1.54) is 13.2 Å². The third-order valence-electron chi connectivity index (χ3n) is 2.78. The van der Waals surface area contributed by atoms with Gasteiger partial charge in [-0.05, 0) is 29.8 Å². The molecule has 1 aromatic heterocycles. The predicted molar refractivity (Wildman–Crippen MR) is 72.1 cm³/mol. The number of carbonyl (C=O) groups is 1. The normalized spacial score (nSPS) is 11.1. The first-order valence-electron chi connectivity index (χ1n) is 6.22. The molecule has 8 heteroatoms. The minimum absolute atomic E-state index is 0.205. The predicted octanol–water partition coefficient (Wildman–Crippen LogP) is 2.89. The van der Waals surface area contributed by atoms with Gasteiger partial charge in [-0.15, -0.1) is 10.2 Å². The van der Waals surface area contributed by atoms with Gasteiger partial charge in [0.25, 0.3) is 0 Å². The Morgan fingerprint density at radius 1 is 1.23 bits per heavy atom. The third kappa shape index (κ3) is 3.94. The van der Waals surface area contributed by atoms with Gasteiger partial charge in [-0.25, -0.2) is 4.79 Å². The van der Waals surface area contributed by atoms with Crippen LogP contribution in [0.4, 0.5) is 19.0 Å². The Morgan fingerprint density at radius 3 is 2.59 bits per heavy atom. The van der Waals surface area contributed by atoms with E-state index in [2.05, 4.69) is 20.3 Å². The number of nitrogens with zero attached hydrogens (tertiary/aromatic N) is 2. The summed E-state index contributed by atoms with van der Waals surface area (Å²) in [5, 5.41) is 9.40. The van der Waals surface area contributed by atoms with Gasteiger partial charge in [0, 0.05) is 6.54 Å². The van der Waals surface area contributed by atoms with E-state index in [0.717, 1.165) is 11.6 Å². The Bertz CT molecular complexity index is 657. The Balaban J connectivity index is 2.03. The first-order valence-corrected chi connectivity index (χ1v) is 6.22. The molecule has 0 radical (unpaired) electrons. The largest absolute Gasteiger partial charge is 0.465 e. The van der Waals surface area contributed by atoms with Crippen LogP contribution in [0, 0.1) is 0 Å². The van der Waals surface area contributed by atoms with Crippen LogP contribution in [0.3, 0.4) is 0 Å². The number of benzene rings is 1. The maximum atomic E-state index is 12.4. The molecule has 0 bridgehead atoms. The number of hydrogen-bond acceptors (Lipinski definition) is 5. The summed E-state index contributed by atoms with van der Waals surface area (Å²) in [7, 11) is 1.28. The first-order chi connectivity index (χ1) is 10.4. The number of alkyl halides is 3. The van der Waals surface area contributed by atoms with Crippen molar-refractivity contribution in [3.8, 4) is 0 Å². The summed E-state index contributed by atoms with van der Waals surface area (Å²) in [6.07, 6.45) is -4.51. The van der Waals surface area contributed by atoms with E-state index in [-0.39, 0.29) is 12.4 Å². The van der Waals surface area contributed by atoms with Crippen LogP contribution in [0.5, 0.6) is 0 Å². The number of esters is 1. The van der Waals surface area contributed by atoms with E-state index < -0.39 is 17.8 Å². The molecule has 0 saturated carbocycles. The minimum Gasteiger partial charge on any atom is -0.465 e. The quantitative estimate of drug-likeness (QED) is 0.880. The molecule has 0 aliphatic carbocycles. The summed E-state index contributed by atoms with van der Waals surface area (Å²) in [5.74, 6) is -0.257. The summed E-state index contributed by atoms with van der Waals surface area (Å²) < 4.78 is 41.7. The number of aromatic nitrogens is 2. The third-order valence-corrected chi connectivity index (χ3v) is 2.78. The standard InChI is InChI=1S/C14H12F3N3O2/c1-22-13(21)10-4-2-3-9(7-10)8-18-12-6-5-11(19-20-12)14(15,16)17/h2-7H,8H2,1H3,(H,18,20). The van der Waals surface area contributed by atoms with Crippen LogP contribution in [0.25, 0.3) is 0 Å². The number of nitrogens with one attached hydrogen (secondary N) is 1. The average molecular weight is 311 g/mol. The highest BCUT2D eigenvalue weighted by atomic mass is 19.4. The molecule has 0 saturated heterocycles. The Morgan fingerprint density at radius 2 is 2.00 bits per heavy atom. The summed E-state index contributed by atoms with van der Waals surface area (Å²) in [4.78, 5) is 11.4. The van der Waals surface area contributed by atoms with Crippen molar-refractivity contribution >= 4 is 11.8 Å². The summed E-state index contributed by atoms with van der Waals surface area (Å²) in [5.41, 5.74) is 0.0932. The van der Waals surface area contributed by atoms with Gasteiger partial charge in [-0.1, -0.05) is 12.1 Å².